The molecule has 0 aliphatic heterocycles. The van der Waals surface area contributed by atoms with Crippen LogP contribution in [0.4, 0.5) is 0 Å². The highest BCUT2D eigenvalue weighted by Gasteiger charge is 2.11. The van der Waals surface area contributed by atoms with Gasteiger partial charge in [0.2, 0.25) is 5.91 Å². The van der Waals surface area contributed by atoms with Crippen LogP contribution in [0.3, 0.4) is 0 Å². The minimum atomic E-state index is -0.173. The average Bonchev–Trinajstić information content (AvgIpc) is 2.64. The van der Waals surface area contributed by atoms with Crippen LogP contribution in [-0.4, -0.2) is 39.4 Å². The molecule has 5 heteroatoms. The fourth-order valence-corrected chi connectivity index (χ4v) is 2.16. The topological polar surface area (TPSA) is 56.8 Å². The summed E-state index contributed by atoms with van der Waals surface area (Å²) in [4.78, 5) is 11.8. The van der Waals surface area contributed by atoms with Crippen LogP contribution in [0, 0.1) is 0 Å². The minimum Gasteiger partial charge on any atom is -0.491 e. The van der Waals surface area contributed by atoms with Crippen molar-refractivity contribution >= 4 is 5.91 Å². The third-order valence-corrected chi connectivity index (χ3v) is 3.41. The van der Waals surface area contributed by atoms with Crippen molar-refractivity contribution in [1.29, 1.82) is 0 Å². The Bertz CT molecular complexity index is 589. The van der Waals surface area contributed by atoms with Crippen LogP contribution in [0.15, 0.2) is 60.7 Å². The van der Waals surface area contributed by atoms with Crippen molar-refractivity contribution in [3.05, 3.63) is 66.2 Å². The molecular weight excluding hydrogens is 306 g/mol. The van der Waals surface area contributed by atoms with Crippen LogP contribution in [-0.2, 0) is 14.3 Å². The zero-order valence-corrected chi connectivity index (χ0v) is 13.8. The zero-order valence-electron chi connectivity index (χ0n) is 13.8. The van der Waals surface area contributed by atoms with E-state index in [2.05, 4.69) is 5.32 Å². The van der Waals surface area contributed by atoms with Crippen molar-refractivity contribution in [3.63, 3.8) is 0 Å². The fraction of sp³-hybridized carbons (Fsp3) is 0.316. The number of benzene rings is 2. The molecule has 5 nitrogen and oxygen atoms in total. The van der Waals surface area contributed by atoms with E-state index < -0.39 is 0 Å². The van der Waals surface area contributed by atoms with Crippen molar-refractivity contribution in [2.75, 3.05) is 33.5 Å². The lowest BCUT2D eigenvalue weighted by molar-refractivity contribution is -0.126. The first kappa shape index (κ1) is 18.0. The Kier molecular flexibility index (Phi) is 7.80. The molecule has 0 aromatic heterocycles. The summed E-state index contributed by atoms with van der Waals surface area (Å²) in [5.74, 6) is 0.615. The van der Waals surface area contributed by atoms with Gasteiger partial charge in [0, 0.05) is 13.7 Å². The molecule has 0 heterocycles. The van der Waals surface area contributed by atoms with Gasteiger partial charge >= 0.3 is 0 Å². The van der Waals surface area contributed by atoms with Crippen molar-refractivity contribution in [3.8, 4) is 5.75 Å². The lowest BCUT2D eigenvalue weighted by atomic mass is 10.1. The van der Waals surface area contributed by atoms with Gasteiger partial charge in [-0.2, -0.15) is 0 Å². The fourth-order valence-electron chi connectivity index (χ4n) is 2.16. The molecule has 24 heavy (non-hydrogen) atoms. The molecule has 1 N–H and O–H groups in total. The molecule has 1 amide bonds. The summed E-state index contributed by atoms with van der Waals surface area (Å²) in [6.07, 6.45) is -0.170. The molecule has 0 fully saturated rings. The maximum absolute atomic E-state index is 11.8. The SMILES string of the molecule is COC(CNC(=O)COCCOc1ccccc1)c1ccccc1. The predicted octanol–water partition coefficient (Wildman–Crippen LogP) is 2.59. The van der Waals surface area contributed by atoms with E-state index in [1.54, 1.807) is 7.11 Å². The second-order valence-electron chi connectivity index (χ2n) is 5.15. The molecule has 2 aromatic rings. The van der Waals surface area contributed by atoms with E-state index in [9.17, 15) is 4.79 Å². The maximum Gasteiger partial charge on any atom is 0.246 e. The molecule has 128 valence electrons. The second-order valence-corrected chi connectivity index (χ2v) is 5.15. The smallest absolute Gasteiger partial charge is 0.246 e. The molecule has 0 aliphatic carbocycles. The summed E-state index contributed by atoms with van der Waals surface area (Å²) < 4.78 is 16.2. The Labute approximate surface area is 142 Å². The van der Waals surface area contributed by atoms with Gasteiger partial charge in [-0.05, 0) is 17.7 Å². The molecule has 0 saturated carbocycles. The summed E-state index contributed by atoms with van der Waals surface area (Å²) in [6.45, 7) is 1.17. The predicted molar refractivity (Wildman–Crippen MR) is 92.0 cm³/mol. The molecule has 1 atom stereocenters. The number of nitrogens with one attached hydrogen (secondary N) is 1. The number of ether oxygens (including phenoxy) is 3. The number of carbonyl (C=O) groups is 1. The number of para-hydroxylation sites is 1. The molecule has 2 aromatic carbocycles. The highest BCUT2D eigenvalue weighted by Crippen LogP contribution is 2.14. The highest BCUT2D eigenvalue weighted by atomic mass is 16.5. The van der Waals surface area contributed by atoms with E-state index in [0.29, 0.717) is 19.8 Å². The van der Waals surface area contributed by atoms with E-state index in [1.165, 1.54) is 0 Å². The maximum atomic E-state index is 11.8. The molecule has 0 radical (unpaired) electrons. The molecule has 0 bridgehead atoms. The van der Waals surface area contributed by atoms with Crippen LogP contribution in [0.5, 0.6) is 5.75 Å². The number of rotatable bonds is 10. The highest BCUT2D eigenvalue weighted by molar-refractivity contribution is 5.77. The van der Waals surface area contributed by atoms with Crippen molar-refractivity contribution in [1.82, 2.24) is 5.32 Å². The Balaban J connectivity index is 1.59. The van der Waals surface area contributed by atoms with E-state index in [-0.39, 0.29) is 18.6 Å². The summed E-state index contributed by atoms with van der Waals surface area (Å²) in [5, 5.41) is 2.81. The van der Waals surface area contributed by atoms with E-state index in [0.717, 1.165) is 11.3 Å². The number of hydrogen-bond acceptors (Lipinski definition) is 4. The van der Waals surface area contributed by atoms with Crippen molar-refractivity contribution in [2.45, 2.75) is 6.10 Å². The van der Waals surface area contributed by atoms with E-state index >= 15 is 0 Å². The third-order valence-electron chi connectivity index (χ3n) is 3.41. The van der Waals surface area contributed by atoms with Gasteiger partial charge in [-0.15, -0.1) is 0 Å². The normalized spacial score (nSPS) is 11.7. The van der Waals surface area contributed by atoms with Crippen molar-refractivity contribution in [2.24, 2.45) is 0 Å². The number of methoxy groups -OCH3 is 1. The van der Waals surface area contributed by atoms with Gasteiger partial charge < -0.3 is 19.5 Å². The van der Waals surface area contributed by atoms with Gasteiger partial charge in [-0.1, -0.05) is 48.5 Å². The Hall–Kier alpha value is -2.37. The van der Waals surface area contributed by atoms with Gasteiger partial charge in [0.25, 0.3) is 0 Å². The van der Waals surface area contributed by atoms with Gasteiger partial charge in [0.05, 0.1) is 12.7 Å². The molecule has 0 aliphatic rings. The molecule has 1 unspecified atom stereocenters. The lowest BCUT2D eigenvalue weighted by Crippen LogP contribution is -2.32. The van der Waals surface area contributed by atoms with Crippen LogP contribution >= 0.6 is 0 Å². The Morgan fingerprint density at radius 2 is 1.67 bits per heavy atom. The molecule has 0 saturated heterocycles. The molecular formula is C19H23NO4. The Morgan fingerprint density at radius 1 is 1.00 bits per heavy atom. The van der Waals surface area contributed by atoms with Crippen LogP contribution < -0.4 is 10.1 Å². The summed E-state index contributed by atoms with van der Waals surface area (Å²) >= 11 is 0. The van der Waals surface area contributed by atoms with Crippen molar-refractivity contribution < 1.29 is 19.0 Å². The molecule has 2 rings (SSSR count). The average molecular weight is 329 g/mol. The minimum absolute atomic E-state index is 0.00335. The summed E-state index contributed by atoms with van der Waals surface area (Å²) in [7, 11) is 1.63. The first-order chi connectivity index (χ1) is 11.8. The van der Waals surface area contributed by atoms with E-state index in [4.69, 9.17) is 14.2 Å². The monoisotopic (exact) mass is 329 g/mol. The Morgan fingerprint density at radius 3 is 2.33 bits per heavy atom. The first-order valence-corrected chi connectivity index (χ1v) is 7.89. The third kappa shape index (κ3) is 6.40. The summed E-state index contributed by atoms with van der Waals surface area (Å²) in [5.41, 5.74) is 1.03. The van der Waals surface area contributed by atoms with Gasteiger partial charge in [0.15, 0.2) is 0 Å². The van der Waals surface area contributed by atoms with Crippen LogP contribution in [0.25, 0.3) is 0 Å². The van der Waals surface area contributed by atoms with Gasteiger partial charge in [-0.3, -0.25) is 4.79 Å². The zero-order chi connectivity index (χ0) is 17.0. The first-order valence-electron chi connectivity index (χ1n) is 7.89. The number of carbonyl (C=O) groups excluding carboxylic acids is 1. The lowest BCUT2D eigenvalue weighted by Gasteiger charge is -2.16. The van der Waals surface area contributed by atoms with Gasteiger partial charge in [0.1, 0.15) is 19.0 Å². The van der Waals surface area contributed by atoms with Gasteiger partial charge in [-0.25, -0.2) is 0 Å². The van der Waals surface area contributed by atoms with Crippen LogP contribution in [0.2, 0.25) is 0 Å². The number of amides is 1. The standard InChI is InChI=1S/C19H23NO4/c1-22-18(16-8-4-2-5-9-16)14-20-19(21)15-23-12-13-24-17-10-6-3-7-11-17/h2-11,18H,12-15H2,1H3,(H,20,21). The quantitative estimate of drug-likeness (QED) is 0.681. The van der Waals surface area contributed by atoms with E-state index in [1.807, 2.05) is 60.7 Å². The van der Waals surface area contributed by atoms with Crippen LogP contribution in [0.1, 0.15) is 11.7 Å². The second kappa shape index (κ2) is 10.4. The number of hydrogen-bond donors (Lipinski definition) is 1. The summed E-state index contributed by atoms with van der Waals surface area (Å²) in [6, 6.07) is 19.3. The molecule has 0 spiro atoms. The largest absolute Gasteiger partial charge is 0.491 e.